The molecule has 4 nitrogen and oxygen atoms in total. The van der Waals surface area contributed by atoms with E-state index in [1.54, 1.807) is 0 Å². The van der Waals surface area contributed by atoms with E-state index in [0.29, 0.717) is 0 Å². The second-order valence-corrected chi connectivity index (χ2v) is 4.80. The van der Waals surface area contributed by atoms with Gasteiger partial charge < -0.3 is 15.2 Å². The maximum atomic E-state index is 6.08. The highest BCUT2D eigenvalue weighted by atomic mass is 15.2. The topological polar surface area (TPSA) is 47.1 Å². The highest BCUT2D eigenvalue weighted by Crippen LogP contribution is 2.33. The van der Waals surface area contributed by atoms with Gasteiger partial charge in [-0.15, -0.1) is 0 Å². The minimum atomic E-state index is 0.893. The van der Waals surface area contributed by atoms with E-state index in [9.17, 15) is 0 Å². The number of nitrogen functional groups attached to an aromatic ring is 1. The average Bonchev–Trinajstić information content (AvgIpc) is 2.94. The van der Waals surface area contributed by atoms with Crippen LogP contribution in [0.2, 0.25) is 0 Å². The van der Waals surface area contributed by atoms with Crippen LogP contribution in [0.5, 0.6) is 0 Å². The molecule has 2 heterocycles. The molecule has 0 aliphatic carbocycles. The van der Waals surface area contributed by atoms with Crippen molar-refractivity contribution in [1.82, 2.24) is 9.55 Å². The molecule has 0 spiro atoms. The van der Waals surface area contributed by atoms with Crippen molar-refractivity contribution in [3.8, 4) is 0 Å². The second kappa shape index (κ2) is 4.37. The normalized spacial score (nSPS) is 13.9. The van der Waals surface area contributed by atoms with Crippen LogP contribution in [-0.4, -0.2) is 22.6 Å². The maximum absolute atomic E-state index is 6.08. The first-order valence-electron chi connectivity index (χ1n) is 6.34. The summed E-state index contributed by atoms with van der Waals surface area (Å²) in [5, 5.41) is 0. The van der Waals surface area contributed by atoms with Crippen molar-refractivity contribution in [3.05, 3.63) is 42.0 Å². The zero-order chi connectivity index (χ0) is 12.5. The van der Waals surface area contributed by atoms with E-state index >= 15 is 0 Å². The highest BCUT2D eigenvalue weighted by molar-refractivity contribution is 5.74. The molecule has 2 N–H and O–H groups in total. The van der Waals surface area contributed by atoms with Crippen LogP contribution >= 0.6 is 0 Å². The van der Waals surface area contributed by atoms with Gasteiger partial charge in [-0.1, -0.05) is 12.1 Å². The Bertz CT molecular complexity index is 559. The first-order valence-corrected chi connectivity index (χ1v) is 6.34. The Morgan fingerprint density at radius 2 is 2.28 bits per heavy atom. The molecule has 1 aromatic heterocycles. The Labute approximate surface area is 107 Å². The molecule has 18 heavy (non-hydrogen) atoms. The molecule has 0 fully saturated rings. The maximum Gasteiger partial charge on any atom is 0.110 e. The number of nitrogens with zero attached hydrogens (tertiary/aromatic N) is 3. The predicted octanol–water partition coefficient (Wildman–Crippen LogP) is 1.61. The van der Waals surface area contributed by atoms with Gasteiger partial charge in [-0.2, -0.15) is 0 Å². The smallest absolute Gasteiger partial charge is 0.110 e. The van der Waals surface area contributed by atoms with Crippen LogP contribution in [0.1, 0.15) is 11.4 Å². The van der Waals surface area contributed by atoms with E-state index in [4.69, 9.17) is 5.73 Å². The molecule has 4 heteroatoms. The van der Waals surface area contributed by atoms with Gasteiger partial charge in [0.15, 0.2) is 0 Å². The summed E-state index contributed by atoms with van der Waals surface area (Å²) in [6, 6.07) is 6.20. The van der Waals surface area contributed by atoms with Crippen molar-refractivity contribution in [2.45, 2.75) is 12.8 Å². The van der Waals surface area contributed by atoms with Crippen molar-refractivity contribution in [3.63, 3.8) is 0 Å². The van der Waals surface area contributed by atoms with Crippen LogP contribution in [0.4, 0.5) is 11.4 Å². The Kier molecular flexibility index (Phi) is 2.70. The van der Waals surface area contributed by atoms with E-state index in [-0.39, 0.29) is 0 Å². The summed E-state index contributed by atoms with van der Waals surface area (Å²) in [5.74, 6) is 1.12. The third-order valence-electron chi connectivity index (χ3n) is 3.64. The van der Waals surface area contributed by atoms with E-state index < -0.39 is 0 Å². The molecule has 94 valence electrons. The van der Waals surface area contributed by atoms with Gasteiger partial charge in [0.2, 0.25) is 0 Å². The van der Waals surface area contributed by atoms with Crippen LogP contribution in [-0.2, 0) is 19.9 Å². The van der Waals surface area contributed by atoms with E-state index in [0.717, 1.165) is 37.4 Å². The Morgan fingerprint density at radius 1 is 1.39 bits per heavy atom. The molecule has 1 aliphatic heterocycles. The minimum absolute atomic E-state index is 0.893. The van der Waals surface area contributed by atoms with Gasteiger partial charge in [0.05, 0.1) is 11.4 Å². The van der Waals surface area contributed by atoms with Crippen molar-refractivity contribution >= 4 is 11.4 Å². The van der Waals surface area contributed by atoms with Gasteiger partial charge in [0.25, 0.3) is 0 Å². The fourth-order valence-electron chi connectivity index (χ4n) is 2.66. The lowest BCUT2D eigenvalue weighted by molar-refractivity contribution is 0.737. The zero-order valence-electron chi connectivity index (χ0n) is 10.6. The molecule has 1 aliphatic rings. The molecule has 1 aromatic carbocycles. The number of imidazole rings is 1. The molecule has 0 saturated heterocycles. The SMILES string of the molecule is Cn1ccnc1CCN1CCc2cccc(N)c21. The number of benzene rings is 1. The van der Waals surface area contributed by atoms with Gasteiger partial charge in [0, 0.05) is 39.0 Å². The lowest BCUT2D eigenvalue weighted by Crippen LogP contribution is -2.24. The first-order chi connectivity index (χ1) is 8.75. The number of hydrogen-bond donors (Lipinski definition) is 1. The largest absolute Gasteiger partial charge is 0.397 e. The molecule has 0 saturated carbocycles. The van der Waals surface area contributed by atoms with Gasteiger partial charge in [-0.05, 0) is 18.1 Å². The molecule has 0 unspecified atom stereocenters. The summed E-state index contributed by atoms with van der Waals surface area (Å²) in [4.78, 5) is 6.73. The van der Waals surface area contributed by atoms with Gasteiger partial charge in [0.1, 0.15) is 5.82 Å². The summed E-state index contributed by atoms with van der Waals surface area (Å²) in [6.07, 6.45) is 5.89. The van der Waals surface area contributed by atoms with Gasteiger partial charge in [-0.25, -0.2) is 4.98 Å². The van der Waals surface area contributed by atoms with Crippen molar-refractivity contribution in [1.29, 1.82) is 0 Å². The molecule has 2 aromatic rings. The van der Waals surface area contributed by atoms with Crippen molar-refractivity contribution in [2.75, 3.05) is 23.7 Å². The molecule has 0 bridgehead atoms. The van der Waals surface area contributed by atoms with Crippen molar-refractivity contribution < 1.29 is 0 Å². The standard InChI is InChI=1S/C14H18N4/c1-17-10-7-16-13(17)6-9-18-8-5-11-3-2-4-12(15)14(11)18/h2-4,7,10H,5-6,8-9,15H2,1H3. The number of nitrogens with two attached hydrogens (primary N) is 1. The fourth-order valence-corrected chi connectivity index (χ4v) is 2.66. The minimum Gasteiger partial charge on any atom is -0.397 e. The Morgan fingerprint density at radius 3 is 3.06 bits per heavy atom. The predicted molar refractivity (Wildman–Crippen MR) is 73.7 cm³/mol. The van der Waals surface area contributed by atoms with Crippen LogP contribution in [0.25, 0.3) is 0 Å². The molecule has 0 atom stereocenters. The number of fused-ring (bicyclic) bond motifs is 1. The fraction of sp³-hybridized carbons (Fsp3) is 0.357. The number of rotatable bonds is 3. The molecular formula is C14H18N4. The van der Waals surface area contributed by atoms with E-state index in [1.165, 1.54) is 11.3 Å². The number of hydrogen-bond acceptors (Lipinski definition) is 3. The Balaban J connectivity index is 1.75. The Hall–Kier alpha value is -1.97. The zero-order valence-corrected chi connectivity index (χ0v) is 10.6. The number of aromatic nitrogens is 2. The van der Waals surface area contributed by atoms with E-state index in [2.05, 4.69) is 20.5 Å². The third kappa shape index (κ3) is 1.83. The van der Waals surface area contributed by atoms with Crippen LogP contribution in [0, 0.1) is 0 Å². The summed E-state index contributed by atoms with van der Waals surface area (Å²) in [6.45, 7) is 2.04. The quantitative estimate of drug-likeness (QED) is 0.832. The van der Waals surface area contributed by atoms with Gasteiger partial charge >= 0.3 is 0 Å². The van der Waals surface area contributed by atoms with Crippen LogP contribution < -0.4 is 10.6 Å². The number of anilines is 2. The molecule has 0 radical (unpaired) electrons. The molecule has 0 amide bonds. The number of para-hydroxylation sites is 1. The van der Waals surface area contributed by atoms with E-state index in [1.807, 2.05) is 31.6 Å². The first kappa shape index (κ1) is 11.1. The number of aryl methyl sites for hydroxylation is 1. The summed E-state index contributed by atoms with van der Waals surface area (Å²) < 4.78 is 2.07. The lowest BCUT2D eigenvalue weighted by Gasteiger charge is -2.20. The summed E-state index contributed by atoms with van der Waals surface area (Å²) in [7, 11) is 2.04. The van der Waals surface area contributed by atoms with Gasteiger partial charge in [-0.3, -0.25) is 0 Å². The molecule has 3 rings (SSSR count). The summed E-state index contributed by atoms with van der Waals surface area (Å²) in [5.41, 5.74) is 9.57. The third-order valence-corrected chi connectivity index (χ3v) is 3.64. The van der Waals surface area contributed by atoms with Crippen LogP contribution in [0.15, 0.2) is 30.6 Å². The molecular weight excluding hydrogens is 224 g/mol. The van der Waals surface area contributed by atoms with Crippen molar-refractivity contribution in [2.24, 2.45) is 7.05 Å². The van der Waals surface area contributed by atoms with Crippen LogP contribution in [0.3, 0.4) is 0 Å². The highest BCUT2D eigenvalue weighted by Gasteiger charge is 2.21. The lowest BCUT2D eigenvalue weighted by atomic mass is 10.1. The average molecular weight is 242 g/mol. The second-order valence-electron chi connectivity index (χ2n) is 4.80. The monoisotopic (exact) mass is 242 g/mol. The summed E-state index contributed by atoms with van der Waals surface area (Å²) >= 11 is 0.